The Hall–Kier alpha value is -3.75. The maximum Gasteiger partial charge on any atom is 0.344 e. The third kappa shape index (κ3) is 5.63. The van der Waals surface area contributed by atoms with Gasteiger partial charge in [0.15, 0.2) is 12.4 Å². The molecule has 0 spiro atoms. The summed E-state index contributed by atoms with van der Waals surface area (Å²) >= 11 is 0. The minimum Gasteiger partial charge on any atom is -0.462 e. The van der Waals surface area contributed by atoms with Gasteiger partial charge in [0.1, 0.15) is 17.1 Å². The van der Waals surface area contributed by atoms with Crippen LogP contribution < -0.4 is 5.32 Å². The van der Waals surface area contributed by atoms with Crippen molar-refractivity contribution in [1.82, 2.24) is 0 Å². The van der Waals surface area contributed by atoms with Crippen molar-refractivity contribution in [2.75, 3.05) is 18.5 Å². The lowest BCUT2D eigenvalue weighted by atomic mass is 10.1. The van der Waals surface area contributed by atoms with Gasteiger partial charge >= 0.3 is 11.9 Å². The van der Waals surface area contributed by atoms with Crippen LogP contribution in [0.1, 0.15) is 45.9 Å². The Morgan fingerprint density at radius 2 is 1.83 bits per heavy atom. The van der Waals surface area contributed by atoms with Crippen LogP contribution >= 0.6 is 0 Å². The van der Waals surface area contributed by atoms with Crippen molar-refractivity contribution in [3.05, 3.63) is 58.6 Å². The van der Waals surface area contributed by atoms with E-state index in [2.05, 4.69) is 5.32 Å². The van der Waals surface area contributed by atoms with Crippen LogP contribution in [-0.2, 0) is 19.1 Å². The monoisotopic (exact) mass is 417 g/mol. The lowest BCUT2D eigenvalue weighted by Gasteiger charge is -2.06. The number of carbonyl (C=O) groups excluding carboxylic acids is 4. The third-order valence-electron chi connectivity index (χ3n) is 3.82. The van der Waals surface area contributed by atoms with E-state index in [0.717, 1.165) is 6.08 Å². The van der Waals surface area contributed by atoms with Gasteiger partial charge in [0.2, 0.25) is 5.88 Å². The molecule has 0 bridgehead atoms. The Bertz CT molecular complexity index is 1010. The fourth-order valence-corrected chi connectivity index (χ4v) is 2.57. The molecule has 30 heavy (non-hydrogen) atoms. The van der Waals surface area contributed by atoms with Crippen LogP contribution in [0.5, 0.6) is 0 Å². The molecule has 9 heteroatoms. The molecule has 1 aromatic carbocycles. The van der Waals surface area contributed by atoms with Crippen molar-refractivity contribution in [2.24, 2.45) is 0 Å². The summed E-state index contributed by atoms with van der Waals surface area (Å²) in [7, 11) is 0. The molecule has 1 N–H and O–H groups in total. The van der Waals surface area contributed by atoms with Gasteiger partial charge in [-0.2, -0.15) is 0 Å². The summed E-state index contributed by atoms with van der Waals surface area (Å²) in [6.07, 6.45) is 2.18. The van der Waals surface area contributed by atoms with Crippen LogP contribution in [0.3, 0.4) is 0 Å². The number of furan rings is 1. The number of ether oxygens (including phenoxy) is 2. The van der Waals surface area contributed by atoms with E-state index in [-0.39, 0.29) is 34.9 Å². The lowest BCUT2D eigenvalue weighted by molar-refractivity contribution is -0.142. The molecular formula is C21H20FNO7. The Labute approximate surface area is 171 Å². The quantitative estimate of drug-likeness (QED) is 0.398. The van der Waals surface area contributed by atoms with Crippen LogP contribution in [0, 0.1) is 12.7 Å². The first kappa shape index (κ1) is 22.5. The number of nitrogens with one attached hydrogen (secondary N) is 1. The summed E-state index contributed by atoms with van der Waals surface area (Å²) in [6, 6.07) is 5.81. The van der Waals surface area contributed by atoms with Gasteiger partial charge in [-0.05, 0) is 32.9 Å². The van der Waals surface area contributed by atoms with E-state index in [1.54, 1.807) is 13.0 Å². The molecule has 1 amide bonds. The second-order valence-electron chi connectivity index (χ2n) is 6.02. The number of hydrogen-bond donors (Lipinski definition) is 1. The summed E-state index contributed by atoms with van der Waals surface area (Å²) in [5, 5.41) is 2.28. The summed E-state index contributed by atoms with van der Waals surface area (Å²) in [4.78, 5) is 47.9. The van der Waals surface area contributed by atoms with E-state index in [1.165, 1.54) is 38.1 Å². The molecule has 2 aromatic rings. The Balaban J connectivity index is 2.05. The van der Waals surface area contributed by atoms with Crippen LogP contribution in [0.4, 0.5) is 10.3 Å². The fraction of sp³-hybridized carbons (Fsp3) is 0.238. The minimum atomic E-state index is -0.876. The Kier molecular flexibility index (Phi) is 7.62. The molecule has 1 heterocycles. The average Bonchev–Trinajstić information content (AvgIpc) is 3.01. The van der Waals surface area contributed by atoms with Crippen molar-refractivity contribution in [3.8, 4) is 0 Å². The van der Waals surface area contributed by atoms with Crippen molar-refractivity contribution in [3.63, 3.8) is 0 Å². The van der Waals surface area contributed by atoms with Crippen molar-refractivity contribution >= 4 is 35.6 Å². The normalized spacial score (nSPS) is 10.7. The van der Waals surface area contributed by atoms with Gasteiger partial charge < -0.3 is 13.9 Å². The summed E-state index contributed by atoms with van der Waals surface area (Å²) in [5.41, 5.74) is -0.0321. The van der Waals surface area contributed by atoms with Gasteiger partial charge in [0, 0.05) is 11.6 Å². The van der Waals surface area contributed by atoms with Crippen molar-refractivity contribution in [2.45, 2.75) is 20.8 Å². The second kappa shape index (κ2) is 10.1. The van der Waals surface area contributed by atoms with Gasteiger partial charge in [-0.1, -0.05) is 18.2 Å². The number of carbonyl (C=O) groups is 4. The van der Waals surface area contributed by atoms with Gasteiger partial charge in [-0.25, -0.2) is 14.0 Å². The molecule has 0 aliphatic carbocycles. The standard InChI is InChI=1S/C21H20FNO7/c1-4-28-21(27)19-18(12(2)24)13(3)30-20(19)23-16(25)11-29-17(26)10-9-14-7-5-6-8-15(14)22/h5-10H,4,11H2,1-3H3,(H,23,25)/b10-9+. The van der Waals surface area contributed by atoms with Crippen molar-refractivity contribution in [1.29, 1.82) is 0 Å². The first-order chi connectivity index (χ1) is 14.2. The highest BCUT2D eigenvalue weighted by molar-refractivity contribution is 6.10. The smallest absolute Gasteiger partial charge is 0.344 e. The van der Waals surface area contributed by atoms with E-state index < -0.39 is 36.1 Å². The molecule has 0 aliphatic heterocycles. The summed E-state index contributed by atoms with van der Waals surface area (Å²) in [6.45, 7) is 3.65. The highest BCUT2D eigenvalue weighted by atomic mass is 19.1. The maximum atomic E-state index is 13.5. The Morgan fingerprint density at radius 1 is 1.13 bits per heavy atom. The first-order valence-electron chi connectivity index (χ1n) is 8.95. The molecule has 158 valence electrons. The van der Waals surface area contributed by atoms with E-state index in [1.807, 2.05) is 0 Å². The third-order valence-corrected chi connectivity index (χ3v) is 3.82. The van der Waals surface area contributed by atoms with E-state index >= 15 is 0 Å². The summed E-state index contributed by atoms with van der Waals surface area (Å²) < 4.78 is 28.5. The van der Waals surface area contributed by atoms with Gasteiger partial charge in [0.05, 0.1) is 12.2 Å². The molecule has 0 saturated carbocycles. The summed E-state index contributed by atoms with van der Waals surface area (Å²) in [5.74, 6) is -3.62. The van der Waals surface area contributed by atoms with Crippen molar-refractivity contribution < 1.29 is 37.5 Å². The van der Waals surface area contributed by atoms with Gasteiger partial charge in [-0.3, -0.25) is 14.9 Å². The minimum absolute atomic E-state index is 0.00596. The fourth-order valence-electron chi connectivity index (χ4n) is 2.57. The van der Waals surface area contributed by atoms with Crippen LogP contribution in [0.25, 0.3) is 6.08 Å². The molecule has 0 aliphatic rings. The molecule has 2 rings (SSSR count). The predicted octanol–water partition coefficient (Wildman–Crippen LogP) is 3.30. The number of amides is 1. The highest BCUT2D eigenvalue weighted by Crippen LogP contribution is 2.28. The van der Waals surface area contributed by atoms with Gasteiger partial charge in [0.25, 0.3) is 5.91 Å². The molecule has 0 unspecified atom stereocenters. The topological polar surface area (TPSA) is 112 Å². The van der Waals surface area contributed by atoms with E-state index in [9.17, 15) is 23.6 Å². The molecule has 0 atom stereocenters. The van der Waals surface area contributed by atoms with Crippen LogP contribution in [-0.4, -0.2) is 36.8 Å². The number of ketones is 1. The zero-order valence-electron chi connectivity index (χ0n) is 16.6. The number of esters is 2. The number of Topliss-reactive ketones (excluding diaryl/α,β-unsaturated/α-hetero) is 1. The Morgan fingerprint density at radius 3 is 2.47 bits per heavy atom. The molecular weight excluding hydrogens is 397 g/mol. The molecule has 0 saturated heterocycles. The number of aryl methyl sites for hydroxylation is 1. The number of hydrogen-bond acceptors (Lipinski definition) is 7. The van der Waals surface area contributed by atoms with E-state index in [4.69, 9.17) is 13.9 Å². The SMILES string of the molecule is CCOC(=O)c1c(NC(=O)COC(=O)/C=C/c2ccccc2F)oc(C)c1C(C)=O. The zero-order valence-corrected chi connectivity index (χ0v) is 16.6. The predicted molar refractivity (Wildman–Crippen MR) is 104 cm³/mol. The number of rotatable bonds is 8. The largest absolute Gasteiger partial charge is 0.462 e. The molecule has 0 fully saturated rings. The number of benzene rings is 1. The second-order valence-corrected chi connectivity index (χ2v) is 6.02. The zero-order chi connectivity index (χ0) is 22.3. The molecule has 8 nitrogen and oxygen atoms in total. The van der Waals surface area contributed by atoms with E-state index in [0.29, 0.717) is 0 Å². The molecule has 1 aromatic heterocycles. The maximum absolute atomic E-state index is 13.5. The highest BCUT2D eigenvalue weighted by Gasteiger charge is 2.28. The average molecular weight is 417 g/mol. The number of anilines is 1. The van der Waals surface area contributed by atoms with Crippen LogP contribution in [0.15, 0.2) is 34.8 Å². The van der Waals surface area contributed by atoms with Crippen LogP contribution in [0.2, 0.25) is 0 Å². The first-order valence-corrected chi connectivity index (χ1v) is 8.95. The molecule has 0 radical (unpaired) electrons. The van der Waals surface area contributed by atoms with Gasteiger partial charge in [-0.15, -0.1) is 0 Å². The lowest BCUT2D eigenvalue weighted by Crippen LogP contribution is -2.21. The number of halogens is 1.